The summed E-state index contributed by atoms with van der Waals surface area (Å²) in [7, 11) is 0. The molecule has 1 N–H and O–H groups in total. The molecule has 5 heteroatoms. The standard InChI is InChI=1S/C11H9NO3S/c13-10-1-3-12(6-9(10)11(14)15)5-8-2-4-16-7-8/h1-4,6-7H,5H2,(H,14,15). The van der Waals surface area contributed by atoms with Gasteiger partial charge in [-0.15, -0.1) is 0 Å². The normalized spacial score (nSPS) is 10.2. The van der Waals surface area contributed by atoms with Crippen molar-refractivity contribution in [1.82, 2.24) is 4.57 Å². The van der Waals surface area contributed by atoms with E-state index in [4.69, 9.17) is 5.11 Å². The molecule has 0 aliphatic heterocycles. The zero-order valence-corrected chi connectivity index (χ0v) is 9.11. The van der Waals surface area contributed by atoms with Gasteiger partial charge in [0.2, 0.25) is 0 Å². The first-order chi connectivity index (χ1) is 7.66. The highest BCUT2D eigenvalue weighted by Crippen LogP contribution is 2.07. The molecule has 0 fully saturated rings. The number of nitrogens with zero attached hydrogens (tertiary/aromatic N) is 1. The number of carbonyl (C=O) groups is 1. The first-order valence-corrected chi connectivity index (χ1v) is 5.55. The Bertz CT molecular complexity index is 557. The van der Waals surface area contributed by atoms with E-state index in [1.807, 2.05) is 16.8 Å². The monoisotopic (exact) mass is 235 g/mol. The Hall–Kier alpha value is -1.88. The van der Waals surface area contributed by atoms with Crippen molar-refractivity contribution in [3.63, 3.8) is 0 Å². The summed E-state index contributed by atoms with van der Waals surface area (Å²) in [4.78, 5) is 22.0. The summed E-state index contributed by atoms with van der Waals surface area (Å²) in [5, 5.41) is 12.7. The highest BCUT2D eigenvalue weighted by molar-refractivity contribution is 7.07. The minimum absolute atomic E-state index is 0.197. The van der Waals surface area contributed by atoms with Crippen LogP contribution >= 0.6 is 11.3 Å². The van der Waals surface area contributed by atoms with Crippen molar-refractivity contribution in [3.8, 4) is 0 Å². The van der Waals surface area contributed by atoms with E-state index in [0.29, 0.717) is 6.54 Å². The second kappa shape index (κ2) is 4.32. The highest BCUT2D eigenvalue weighted by atomic mass is 32.1. The molecule has 0 aliphatic carbocycles. The van der Waals surface area contributed by atoms with Crippen molar-refractivity contribution in [1.29, 1.82) is 0 Å². The van der Waals surface area contributed by atoms with Crippen LogP contribution in [0.1, 0.15) is 15.9 Å². The van der Waals surface area contributed by atoms with E-state index >= 15 is 0 Å². The molecular formula is C11H9NO3S. The molecule has 0 bridgehead atoms. The summed E-state index contributed by atoms with van der Waals surface area (Å²) in [5.74, 6) is -1.19. The topological polar surface area (TPSA) is 59.3 Å². The van der Waals surface area contributed by atoms with Gasteiger partial charge in [0.25, 0.3) is 0 Å². The van der Waals surface area contributed by atoms with Gasteiger partial charge in [-0.2, -0.15) is 11.3 Å². The predicted molar refractivity (Wildman–Crippen MR) is 61.1 cm³/mol. The molecule has 0 aromatic carbocycles. The van der Waals surface area contributed by atoms with Crippen LogP contribution in [0.5, 0.6) is 0 Å². The van der Waals surface area contributed by atoms with Crippen molar-refractivity contribution >= 4 is 17.3 Å². The molecule has 2 heterocycles. The van der Waals surface area contributed by atoms with Crippen LogP contribution in [-0.4, -0.2) is 15.6 Å². The lowest BCUT2D eigenvalue weighted by atomic mass is 10.2. The average Bonchev–Trinajstić information content (AvgIpc) is 2.73. The lowest BCUT2D eigenvalue weighted by Crippen LogP contribution is -2.16. The fourth-order valence-corrected chi connectivity index (χ4v) is 2.04. The van der Waals surface area contributed by atoms with E-state index in [0.717, 1.165) is 5.56 Å². The first-order valence-electron chi connectivity index (χ1n) is 4.61. The lowest BCUT2D eigenvalue weighted by molar-refractivity contribution is 0.0694. The highest BCUT2D eigenvalue weighted by Gasteiger charge is 2.08. The van der Waals surface area contributed by atoms with Gasteiger partial charge in [-0.25, -0.2) is 4.79 Å². The van der Waals surface area contributed by atoms with Crippen LogP contribution in [-0.2, 0) is 6.54 Å². The number of thiophene rings is 1. The van der Waals surface area contributed by atoms with Gasteiger partial charge in [0.15, 0.2) is 5.43 Å². The van der Waals surface area contributed by atoms with Gasteiger partial charge in [-0.1, -0.05) is 0 Å². The van der Waals surface area contributed by atoms with Crippen molar-refractivity contribution < 1.29 is 9.90 Å². The van der Waals surface area contributed by atoms with E-state index in [1.165, 1.54) is 12.3 Å². The summed E-state index contributed by atoms with van der Waals surface area (Å²) in [5.41, 5.74) is 0.428. The molecule has 0 amide bonds. The van der Waals surface area contributed by atoms with Gasteiger partial charge in [0.1, 0.15) is 5.56 Å². The van der Waals surface area contributed by atoms with Gasteiger partial charge >= 0.3 is 5.97 Å². The zero-order valence-electron chi connectivity index (χ0n) is 8.29. The second-order valence-corrected chi connectivity index (χ2v) is 4.11. The third kappa shape index (κ3) is 2.20. The fourth-order valence-electron chi connectivity index (χ4n) is 1.38. The number of carboxylic acid groups (broad SMARTS) is 1. The molecule has 82 valence electrons. The summed E-state index contributed by atoms with van der Waals surface area (Å²) >= 11 is 1.58. The Morgan fingerprint density at radius 2 is 2.25 bits per heavy atom. The number of carboxylic acids is 1. The van der Waals surface area contributed by atoms with Crippen molar-refractivity contribution in [3.05, 3.63) is 56.6 Å². The molecule has 4 nitrogen and oxygen atoms in total. The van der Waals surface area contributed by atoms with Crippen LogP contribution in [0.4, 0.5) is 0 Å². The maximum absolute atomic E-state index is 11.2. The molecule has 0 spiro atoms. The van der Waals surface area contributed by atoms with E-state index in [9.17, 15) is 9.59 Å². The molecule has 2 rings (SSSR count). The molecule has 16 heavy (non-hydrogen) atoms. The van der Waals surface area contributed by atoms with E-state index in [1.54, 1.807) is 22.1 Å². The third-order valence-electron chi connectivity index (χ3n) is 2.15. The number of rotatable bonds is 3. The van der Waals surface area contributed by atoms with Gasteiger partial charge in [-0.3, -0.25) is 4.79 Å². The van der Waals surface area contributed by atoms with Crippen molar-refractivity contribution in [2.75, 3.05) is 0 Å². The predicted octanol–water partition coefficient (Wildman–Crippen LogP) is 1.66. The summed E-state index contributed by atoms with van der Waals surface area (Å²) in [6, 6.07) is 3.24. The van der Waals surface area contributed by atoms with Gasteiger partial charge in [0.05, 0.1) is 0 Å². The lowest BCUT2D eigenvalue weighted by Gasteiger charge is -2.05. The number of hydrogen-bond acceptors (Lipinski definition) is 3. The Morgan fingerprint density at radius 3 is 2.88 bits per heavy atom. The number of aromatic carboxylic acids is 1. The minimum Gasteiger partial charge on any atom is -0.477 e. The SMILES string of the molecule is O=C(O)c1cn(Cc2ccsc2)ccc1=O. The molecule has 0 atom stereocenters. The molecule has 0 aliphatic rings. The minimum atomic E-state index is -1.19. The van der Waals surface area contributed by atoms with Gasteiger partial charge < -0.3 is 9.67 Å². The molecule has 0 saturated heterocycles. The van der Waals surface area contributed by atoms with E-state index in [-0.39, 0.29) is 5.56 Å². The Balaban J connectivity index is 2.33. The quantitative estimate of drug-likeness (QED) is 0.880. The summed E-state index contributed by atoms with van der Waals surface area (Å²) in [6.07, 6.45) is 2.95. The van der Waals surface area contributed by atoms with E-state index in [2.05, 4.69) is 0 Å². The number of aromatic nitrogens is 1. The average molecular weight is 235 g/mol. The van der Waals surface area contributed by atoms with Crippen LogP contribution in [0.25, 0.3) is 0 Å². The Morgan fingerprint density at radius 1 is 1.44 bits per heavy atom. The van der Waals surface area contributed by atoms with E-state index < -0.39 is 11.4 Å². The van der Waals surface area contributed by atoms with Gasteiger partial charge in [-0.05, 0) is 22.4 Å². The molecular weight excluding hydrogens is 226 g/mol. The summed E-state index contributed by atoms with van der Waals surface area (Å²) in [6.45, 7) is 0.573. The molecule has 2 aromatic heterocycles. The van der Waals surface area contributed by atoms with Crippen molar-refractivity contribution in [2.24, 2.45) is 0 Å². The fraction of sp³-hybridized carbons (Fsp3) is 0.0909. The molecule has 2 aromatic rings. The maximum atomic E-state index is 11.2. The maximum Gasteiger partial charge on any atom is 0.341 e. The third-order valence-corrected chi connectivity index (χ3v) is 2.89. The van der Waals surface area contributed by atoms with Gasteiger partial charge in [0, 0.05) is 25.0 Å². The van der Waals surface area contributed by atoms with Crippen LogP contribution in [0.2, 0.25) is 0 Å². The summed E-state index contributed by atoms with van der Waals surface area (Å²) < 4.78 is 1.69. The second-order valence-electron chi connectivity index (χ2n) is 3.33. The van der Waals surface area contributed by atoms with Crippen LogP contribution < -0.4 is 5.43 Å². The number of pyridine rings is 1. The van der Waals surface area contributed by atoms with Crippen LogP contribution in [0, 0.1) is 0 Å². The molecule has 0 unspecified atom stereocenters. The Kier molecular flexibility index (Phi) is 2.87. The molecule has 0 radical (unpaired) electrons. The smallest absolute Gasteiger partial charge is 0.341 e. The zero-order chi connectivity index (χ0) is 11.5. The van der Waals surface area contributed by atoms with Crippen molar-refractivity contribution in [2.45, 2.75) is 6.54 Å². The Labute approximate surface area is 95.4 Å². The number of hydrogen-bond donors (Lipinski definition) is 1. The molecule has 0 saturated carbocycles. The largest absolute Gasteiger partial charge is 0.477 e. The van der Waals surface area contributed by atoms with Crippen LogP contribution in [0.15, 0.2) is 40.1 Å². The first kappa shape index (κ1) is 10.6. The van der Waals surface area contributed by atoms with Crippen LogP contribution in [0.3, 0.4) is 0 Å².